The Balaban J connectivity index is 2.76. The predicted molar refractivity (Wildman–Crippen MR) is 80.0 cm³/mol. The fourth-order valence-corrected chi connectivity index (χ4v) is 2.05. The Kier molecular flexibility index (Phi) is 5.78. The maximum atomic E-state index is 12.2. The van der Waals surface area contributed by atoms with Crippen molar-refractivity contribution >= 4 is 12.5 Å². The van der Waals surface area contributed by atoms with E-state index in [0.29, 0.717) is 19.6 Å². The lowest BCUT2D eigenvalue weighted by atomic mass is 10.1. The van der Waals surface area contributed by atoms with Crippen LogP contribution in [0.15, 0.2) is 12.2 Å². The molecule has 6 nitrogen and oxygen atoms in total. The number of amides is 2. The van der Waals surface area contributed by atoms with Crippen molar-refractivity contribution in [3.63, 3.8) is 0 Å². The number of morpholine rings is 1. The molecular weight excluding hydrogens is 272 g/mol. The maximum Gasteiger partial charge on any atom is 0.410 e. The fraction of sp³-hybridized carbons (Fsp3) is 0.733. The van der Waals surface area contributed by atoms with Crippen LogP contribution in [-0.2, 0) is 14.3 Å². The third kappa shape index (κ3) is 5.75. The van der Waals surface area contributed by atoms with Crippen molar-refractivity contribution in [1.29, 1.82) is 0 Å². The highest BCUT2D eigenvalue weighted by Crippen LogP contribution is 2.19. The van der Waals surface area contributed by atoms with Crippen LogP contribution in [0.4, 0.5) is 4.79 Å². The van der Waals surface area contributed by atoms with Gasteiger partial charge >= 0.3 is 6.09 Å². The third-order valence-electron chi connectivity index (χ3n) is 3.04. The monoisotopic (exact) mass is 298 g/mol. The van der Waals surface area contributed by atoms with Crippen LogP contribution in [0, 0.1) is 0 Å². The summed E-state index contributed by atoms with van der Waals surface area (Å²) < 4.78 is 11.3. The number of rotatable bonds is 4. The molecule has 0 bridgehead atoms. The number of hydrogen-bond donors (Lipinski definition) is 0. The van der Waals surface area contributed by atoms with Crippen molar-refractivity contribution < 1.29 is 19.1 Å². The first-order chi connectivity index (χ1) is 9.62. The normalized spacial score (nSPS) is 22.6. The van der Waals surface area contributed by atoms with Gasteiger partial charge in [-0.1, -0.05) is 12.2 Å². The van der Waals surface area contributed by atoms with Gasteiger partial charge in [-0.25, -0.2) is 4.79 Å². The molecule has 1 saturated heterocycles. The average Bonchev–Trinajstić information content (AvgIpc) is 2.36. The highest BCUT2D eigenvalue weighted by atomic mass is 16.6. The number of nitrogens with zero attached hydrogens (tertiary/aromatic N) is 2. The van der Waals surface area contributed by atoms with E-state index in [9.17, 15) is 9.59 Å². The van der Waals surface area contributed by atoms with E-state index >= 15 is 0 Å². The first-order valence-corrected chi connectivity index (χ1v) is 7.06. The SMILES string of the molecule is C=C(C)C1CN(C(=O)OC(C)(C)C)CC(CN(C)C=O)O1. The summed E-state index contributed by atoms with van der Waals surface area (Å²) in [6.45, 7) is 12.5. The van der Waals surface area contributed by atoms with E-state index in [1.165, 1.54) is 4.90 Å². The van der Waals surface area contributed by atoms with Crippen molar-refractivity contribution in [3.8, 4) is 0 Å². The molecule has 21 heavy (non-hydrogen) atoms. The lowest BCUT2D eigenvalue weighted by molar-refractivity contribution is -0.122. The van der Waals surface area contributed by atoms with Crippen LogP contribution in [0.5, 0.6) is 0 Å². The molecule has 0 aromatic carbocycles. The zero-order chi connectivity index (χ0) is 16.2. The highest BCUT2D eigenvalue weighted by Gasteiger charge is 2.33. The zero-order valence-corrected chi connectivity index (χ0v) is 13.6. The number of ether oxygens (including phenoxy) is 2. The lowest BCUT2D eigenvalue weighted by Crippen LogP contribution is -2.54. The van der Waals surface area contributed by atoms with E-state index in [1.807, 2.05) is 27.7 Å². The van der Waals surface area contributed by atoms with Crippen molar-refractivity contribution in [2.75, 3.05) is 26.7 Å². The first-order valence-electron chi connectivity index (χ1n) is 7.06. The second-order valence-electron chi connectivity index (χ2n) is 6.52. The Labute approximate surface area is 126 Å². The van der Waals surface area contributed by atoms with Crippen molar-refractivity contribution in [3.05, 3.63) is 12.2 Å². The molecular formula is C15H26N2O4. The van der Waals surface area contributed by atoms with Crippen LogP contribution in [-0.4, -0.2) is 66.8 Å². The van der Waals surface area contributed by atoms with Crippen molar-refractivity contribution in [1.82, 2.24) is 9.80 Å². The third-order valence-corrected chi connectivity index (χ3v) is 3.04. The minimum atomic E-state index is -0.538. The van der Waals surface area contributed by atoms with E-state index in [-0.39, 0.29) is 18.3 Å². The van der Waals surface area contributed by atoms with Crippen LogP contribution >= 0.6 is 0 Å². The van der Waals surface area contributed by atoms with Crippen LogP contribution in [0.1, 0.15) is 27.7 Å². The van der Waals surface area contributed by atoms with E-state index in [1.54, 1.807) is 11.9 Å². The average molecular weight is 298 g/mol. The van der Waals surface area contributed by atoms with Gasteiger partial charge in [0.25, 0.3) is 0 Å². The van der Waals surface area contributed by atoms with Gasteiger partial charge in [-0.05, 0) is 27.7 Å². The Morgan fingerprint density at radius 2 is 2.10 bits per heavy atom. The van der Waals surface area contributed by atoms with E-state index < -0.39 is 5.60 Å². The molecule has 6 heteroatoms. The number of likely N-dealkylation sites (N-methyl/N-ethyl adjacent to an activating group) is 1. The van der Waals surface area contributed by atoms with Crippen molar-refractivity contribution in [2.45, 2.75) is 45.5 Å². The highest BCUT2D eigenvalue weighted by molar-refractivity contribution is 5.68. The molecule has 1 aliphatic rings. The standard InChI is InChI=1S/C15H26N2O4/c1-11(2)13-9-17(14(19)21-15(3,4)5)8-12(20-13)7-16(6)10-18/h10,12-13H,1,7-9H2,2-6H3. The van der Waals surface area contributed by atoms with Crippen LogP contribution in [0.25, 0.3) is 0 Å². The van der Waals surface area contributed by atoms with Crippen LogP contribution in [0.3, 0.4) is 0 Å². The van der Waals surface area contributed by atoms with Gasteiger partial charge in [-0.15, -0.1) is 0 Å². The van der Waals surface area contributed by atoms with E-state index in [0.717, 1.165) is 12.0 Å². The summed E-state index contributed by atoms with van der Waals surface area (Å²) in [4.78, 5) is 26.1. The van der Waals surface area contributed by atoms with Gasteiger partial charge < -0.3 is 19.3 Å². The molecule has 0 radical (unpaired) electrons. The largest absolute Gasteiger partial charge is 0.444 e. The first kappa shape index (κ1) is 17.5. The zero-order valence-electron chi connectivity index (χ0n) is 13.6. The predicted octanol–water partition coefficient (Wildman–Crippen LogP) is 1.66. The smallest absolute Gasteiger partial charge is 0.410 e. The van der Waals surface area contributed by atoms with Gasteiger partial charge in [0.05, 0.1) is 25.3 Å². The van der Waals surface area contributed by atoms with Gasteiger partial charge in [0, 0.05) is 13.6 Å². The summed E-state index contributed by atoms with van der Waals surface area (Å²) in [7, 11) is 1.68. The molecule has 1 heterocycles. The molecule has 2 atom stereocenters. The molecule has 0 aromatic rings. The Bertz CT molecular complexity index is 403. The Morgan fingerprint density at radius 3 is 2.57 bits per heavy atom. The van der Waals surface area contributed by atoms with Crippen LogP contribution in [0.2, 0.25) is 0 Å². The summed E-state index contributed by atoms with van der Waals surface area (Å²) in [6, 6.07) is 0. The Morgan fingerprint density at radius 1 is 1.48 bits per heavy atom. The summed E-state index contributed by atoms with van der Waals surface area (Å²) in [5.74, 6) is 0. The minimum absolute atomic E-state index is 0.240. The number of carbonyl (C=O) groups excluding carboxylic acids is 2. The second-order valence-corrected chi connectivity index (χ2v) is 6.52. The number of hydrogen-bond acceptors (Lipinski definition) is 4. The van der Waals surface area contributed by atoms with Crippen LogP contribution < -0.4 is 0 Å². The summed E-state index contributed by atoms with van der Waals surface area (Å²) in [5, 5.41) is 0. The van der Waals surface area contributed by atoms with Gasteiger partial charge in [0.1, 0.15) is 5.60 Å². The van der Waals surface area contributed by atoms with Gasteiger partial charge in [0.15, 0.2) is 0 Å². The molecule has 0 saturated carbocycles. The maximum absolute atomic E-state index is 12.2. The molecule has 0 spiro atoms. The van der Waals surface area contributed by atoms with Gasteiger partial charge in [0.2, 0.25) is 6.41 Å². The topological polar surface area (TPSA) is 59.1 Å². The second kappa shape index (κ2) is 6.93. The molecule has 1 rings (SSSR count). The quantitative estimate of drug-likeness (QED) is 0.585. The molecule has 120 valence electrons. The Hall–Kier alpha value is -1.56. The summed E-state index contributed by atoms with van der Waals surface area (Å²) >= 11 is 0. The number of carbonyl (C=O) groups is 2. The molecule has 0 aromatic heterocycles. The fourth-order valence-electron chi connectivity index (χ4n) is 2.05. The van der Waals surface area contributed by atoms with Gasteiger partial charge in [-0.3, -0.25) is 4.79 Å². The molecule has 2 unspecified atom stereocenters. The van der Waals surface area contributed by atoms with E-state index in [4.69, 9.17) is 9.47 Å². The molecule has 1 fully saturated rings. The lowest BCUT2D eigenvalue weighted by Gasteiger charge is -2.39. The van der Waals surface area contributed by atoms with Crippen molar-refractivity contribution in [2.24, 2.45) is 0 Å². The molecule has 0 N–H and O–H groups in total. The molecule has 1 aliphatic heterocycles. The molecule has 2 amide bonds. The van der Waals surface area contributed by atoms with Gasteiger partial charge in [-0.2, -0.15) is 0 Å². The summed E-state index contributed by atoms with van der Waals surface area (Å²) in [5.41, 5.74) is 0.311. The molecule has 0 aliphatic carbocycles. The summed E-state index contributed by atoms with van der Waals surface area (Å²) in [6.07, 6.45) is -0.110. The van der Waals surface area contributed by atoms with E-state index in [2.05, 4.69) is 6.58 Å². The minimum Gasteiger partial charge on any atom is -0.444 e.